The average Bonchev–Trinajstić information content (AvgIpc) is 3.11. The van der Waals surface area contributed by atoms with Crippen molar-refractivity contribution in [3.63, 3.8) is 0 Å². The Hall–Kier alpha value is -2.89. The summed E-state index contributed by atoms with van der Waals surface area (Å²) in [5.41, 5.74) is 0.971. The van der Waals surface area contributed by atoms with Gasteiger partial charge in [-0.3, -0.25) is 0 Å². The number of carbonyl (C=O) groups is 1. The molecule has 1 aliphatic rings. The third-order valence-corrected chi connectivity index (χ3v) is 4.27. The number of amides is 2. The summed E-state index contributed by atoms with van der Waals surface area (Å²) in [5.74, 6) is 2.07. The number of nitrogens with one attached hydrogen (secondary N) is 2. The van der Waals surface area contributed by atoms with Crippen LogP contribution in [0.5, 0.6) is 17.2 Å². The summed E-state index contributed by atoms with van der Waals surface area (Å²) >= 11 is 0. The van der Waals surface area contributed by atoms with Crippen LogP contribution in [0.2, 0.25) is 0 Å². The predicted octanol–water partition coefficient (Wildman–Crippen LogP) is 3.88. The molecule has 1 atom stereocenters. The third-order valence-electron chi connectivity index (χ3n) is 4.27. The van der Waals surface area contributed by atoms with Crippen LogP contribution in [0.3, 0.4) is 0 Å². The molecular formula is C21H26N2O4. The van der Waals surface area contributed by atoms with Gasteiger partial charge in [-0.1, -0.05) is 51.1 Å². The molecule has 0 spiro atoms. The molecule has 0 aliphatic carbocycles. The zero-order valence-electron chi connectivity index (χ0n) is 16.0. The van der Waals surface area contributed by atoms with Gasteiger partial charge in [0.15, 0.2) is 11.5 Å². The number of ether oxygens (including phenoxy) is 3. The summed E-state index contributed by atoms with van der Waals surface area (Å²) < 4.78 is 16.2. The van der Waals surface area contributed by atoms with E-state index < -0.39 is 0 Å². The van der Waals surface area contributed by atoms with E-state index in [2.05, 4.69) is 31.4 Å². The molecule has 1 unspecified atom stereocenters. The third kappa shape index (κ3) is 5.06. The van der Waals surface area contributed by atoms with Crippen molar-refractivity contribution in [3.05, 3.63) is 54.1 Å². The molecule has 6 heteroatoms. The van der Waals surface area contributed by atoms with Crippen molar-refractivity contribution in [2.45, 2.75) is 26.8 Å². The van der Waals surface area contributed by atoms with E-state index in [1.807, 2.05) is 42.5 Å². The van der Waals surface area contributed by atoms with Gasteiger partial charge in [-0.2, -0.15) is 0 Å². The summed E-state index contributed by atoms with van der Waals surface area (Å²) in [6, 6.07) is 15.1. The number of carbonyl (C=O) groups excluding carboxylic acids is 1. The Bertz CT molecular complexity index is 771. The second-order valence-corrected chi connectivity index (χ2v) is 7.47. The van der Waals surface area contributed by atoms with Crippen LogP contribution in [0.25, 0.3) is 0 Å². The summed E-state index contributed by atoms with van der Waals surface area (Å²) in [4.78, 5) is 12.3. The first-order valence-corrected chi connectivity index (χ1v) is 9.05. The van der Waals surface area contributed by atoms with E-state index in [9.17, 15) is 4.79 Å². The second kappa shape index (κ2) is 8.20. The molecule has 2 aromatic carbocycles. The van der Waals surface area contributed by atoms with Crippen molar-refractivity contribution in [2.24, 2.45) is 5.41 Å². The number of urea groups is 1. The SMILES string of the molecule is CC(C)(C)C(NC(=O)NCCOc1ccc2c(c1)OCO2)c1ccccc1. The molecule has 0 aromatic heterocycles. The zero-order valence-corrected chi connectivity index (χ0v) is 16.0. The second-order valence-electron chi connectivity index (χ2n) is 7.47. The predicted molar refractivity (Wildman–Crippen MR) is 103 cm³/mol. The highest BCUT2D eigenvalue weighted by Crippen LogP contribution is 2.35. The Labute approximate surface area is 159 Å². The van der Waals surface area contributed by atoms with E-state index in [4.69, 9.17) is 14.2 Å². The normalized spacial score (nSPS) is 13.7. The van der Waals surface area contributed by atoms with Gasteiger partial charge in [0.05, 0.1) is 12.6 Å². The van der Waals surface area contributed by atoms with E-state index in [1.54, 1.807) is 6.07 Å². The lowest BCUT2D eigenvalue weighted by Gasteiger charge is -2.32. The van der Waals surface area contributed by atoms with Crippen molar-refractivity contribution in [2.75, 3.05) is 19.9 Å². The van der Waals surface area contributed by atoms with Gasteiger partial charge in [-0.05, 0) is 23.1 Å². The first-order chi connectivity index (χ1) is 12.9. The molecule has 6 nitrogen and oxygen atoms in total. The molecule has 0 saturated heterocycles. The summed E-state index contributed by atoms with van der Waals surface area (Å²) in [5, 5.41) is 5.91. The Morgan fingerprint density at radius 1 is 1.11 bits per heavy atom. The van der Waals surface area contributed by atoms with Crippen LogP contribution in [-0.2, 0) is 0 Å². The molecular weight excluding hydrogens is 344 g/mol. The molecule has 0 fully saturated rings. The fourth-order valence-corrected chi connectivity index (χ4v) is 2.93. The maximum absolute atomic E-state index is 12.3. The van der Waals surface area contributed by atoms with Crippen molar-refractivity contribution >= 4 is 6.03 Å². The number of benzene rings is 2. The highest BCUT2D eigenvalue weighted by Gasteiger charge is 2.27. The molecule has 0 radical (unpaired) electrons. The van der Waals surface area contributed by atoms with E-state index in [1.165, 1.54) is 0 Å². The molecule has 27 heavy (non-hydrogen) atoms. The van der Waals surface area contributed by atoms with Gasteiger partial charge in [0.1, 0.15) is 12.4 Å². The molecule has 3 rings (SSSR count). The van der Waals surface area contributed by atoms with Crippen LogP contribution < -0.4 is 24.8 Å². The maximum Gasteiger partial charge on any atom is 0.315 e. The molecule has 0 saturated carbocycles. The van der Waals surface area contributed by atoms with Crippen LogP contribution in [0.15, 0.2) is 48.5 Å². The number of fused-ring (bicyclic) bond motifs is 1. The number of hydrogen-bond donors (Lipinski definition) is 2. The first kappa shape index (κ1) is 18.9. The van der Waals surface area contributed by atoms with Crippen LogP contribution in [0, 0.1) is 5.41 Å². The zero-order chi connectivity index (χ0) is 19.3. The lowest BCUT2D eigenvalue weighted by Crippen LogP contribution is -2.43. The smallest absolute Gasteiger partial charge is 0.315 e. The minimum atomic E-state index is -0.215. The van der Waals surface area contributed by atoms with Gasteiger partial charge >= 0.3 is 6.03 Å². The lowest BCUT2D eigenvalue weighted by molar-refractivity contribution is 0.173. The van der Waals surface area contributed by atoms with Crippen LogP contribution >= 0.6 is 0 Å². The highest BCUT2D eigenvalue weighted by atomic mass is 16.7. The van der Waals surface area contributed by atoms with Crippen LogP contribution in [0.4, 0.5) is 4.79 Å². The largest absolute Gasteiger partial charge is 0.492 e. The first-order valence-electron chi connectivity index (χ1n) is 9.05. The van der Waals surface area contributed by atoms with Crippen molar-refractivity contribution < 1.29 is 19.0 Å². The molecule has 2 N–H and O–H groups in total. The van der Waals surface area contributed by atoms with E-state index in [0.717, 1.165) is 5.56 Å². The van der Waals surface area contributed by atoms with Gasteiger partial charge in [-0.15, -0.1) is 0 Å². The molecule has 1 heterocycles. The summed E-state index contributed by atoms with van der Waals surface area (Å²) in [6.07, 6.45) is 0. The van der Waals surface area contributed by atoms with Gasteiger partial charge in [0.2, 0.25) is 6.79 Å². The standard InChI is InChI=1S/C21H26N2O4/c1-21(2,3)19(15-7-5-4-6-8-15)23-20(24)22-11-12-25-16-9-10-17-18(13-16)27-14-26-17/h4-10,13,19H,11-12,14H2,1-3H3,(H2,22,23,24). The maximum atomic E-state index is 12.3. The summed E-state index contributed by atoms with van der Waals surface area (Å²) in [7, 11) is 0. The fraction of sp³-hybridized carbons (Fsp3) is 0.381. The Morgan fingerprint density at radius 2 is 1.85 bits per heavy atom. The van der Waals surface area contributed by atoms with E-state index >= 15 is 0 Å². The number of hydrogen-bond acceptors (Lipinski definition) is 4. The fourth-order valence-electron chi connectivity index (χ4n) is 2.93. The van der Waals surface area contributed by atoms with Gasteiger partial charge in [0.25, 0.3) is 0 Å². The minimum absolute atomic E-state index is 0.0894. The topological polar surface area (TPSA) is 68.8 Å². The Balaban J connectivity index is 1.47. The quantitative estimate of drug-likeness (QED) is 0.757. The van der Waals surface area contributed by atoms with Crippen molar-refractivity contribution in [3.8, 4) is 17.2 Å². The molecule has 144 valence electrons. The Morgan fingerprint density at radius 3 is 2.59 bits per heavy atom. The van der Waals surface area contributed by atoms with E-state index in [-0.39, 0.29) is 24.3 Å². The lowest BCUT2D eigenvalue weighted by atomic mass is 9.82. The van der Waals surface area contributed by atoms with Crippen LogP contribution in [0.1, 0.15) is 32.4 Å². The van der Waals surface area contributed by atoms with Crippen molar-refractivity contribution in [1.82, 2.24) is 10.6 Å². The van der Waals surface area contributed by atoms with Gasteiger partial charge in [-0.25, -0.2) is 4.79 Å². The van der Waals surface area contributed by atoms with E-state index in [0.29, 0.717) is 30.4 Å². The molecule has 0 bridgehead atoms. The number of rotatable bonds is 6. The molecule has 1 aliphatic heterocycles. The highest BCUT2D eigenvalue weighted by molar-refractivity contribution is 5.74. The molecule has 2 aromatic rings. The molecule has 2 amide bonds. The summed E-state index contributed by atoms with van der Waals surface area (Å²) in [6.45, 7) is 7.30. The Kier molecular flexibility index (Phi) is 5.74. The van der Waals surface area contributed by atoms with Gasteiger partial charge in [0, 0.05) is 6.07 Å². The average molecular weight is 370 g/mol. The minimum Gasteiger partial charge on any atom is -0.492 e. The monoisotopic (exact) mass is 370 g/mol. The van der Waals surface area contributed by atoms with Crippen LogP contribution in [-0.4, -0.2) is 26.0 Å². The van der Waals surface area contributed by atoms with Crippen molar-refractivity contribution in [1.29, 1.82) is 0 Å². The van der Waals surface area contributed by atoms with Gasteiger partial charge < -0.3 is 24.8 Å².